The zero-order valence-electron chi connectivity index (χ0n) is 15.7. The van der Waals surface area contributed by atoms with E-state index in [-0.39, 0.29) is 5.88 Å². The fraction of sp³-hybridized carbons (Fsp3) is 0.273. The number of benzene rings is 1. The number of nitrogens with zero attached hydrogens (tertiary/aromatic N) is 4. The normalized spacial score (nSPS) is 14.8. The van der Waals surface area contributed by atoms with Gasteiger partial charge in [0.25, 0.3) is 0 Å². The molecule has 0 amide bonds. The molecule has 0 unspecified atom stereocenters. The van der Waals surface area contributed by atoms with Gasteiger partial charge in [-0.25, -0.2) is 0 Å². The Morgan fingerprint density at radius 2 is 1.86 bits per heavy atom. The number of nitrogens with one attached hydrogen (secondary N) is 1. The van der Waals surface area contributed by atoms with Crippen molar-refractivity contribution in [1.29, 1.82) is 0 Å². The SMILES string of the molecule is Oc1c2c(N3CCNCC3)ccnc2cn1CCc1ccc2ccccc2n1. The summed E-state index contributed by atoms with van der Waals surface area (Å²) in [5.41, 5.74) is 3.92. The Kier molecular flexibility index (Phi) is 4.33. The monoisotopic (exact) mass is 373 g/mol. The van der Waals surface area contributed by atoms with E-state index in [4.69, 9.17) is 4.98 Å². The highest BCUT2D eigenvalue weighted by Gasteiger charge is 2.19. The quantitative estimate of drug-likeness (QED) is 0.576. The first-order chi connectivity index (χ1) is 13.8. The summed E-state index contributed by atoms with van der Waals surface area (Å²) in [6.45, 7) is 4.45. The van der Waals surface area contributed by atoms with Crippen molar-refractivity contribution in [3.05, 3.63) is 60.6 Å². The third kappa shape index (κ3) is 3.05. The Morgan fingerprint density at radius 1 is 1.00 bits per heavy atom. The molecule has 1 saturated heterocycles. The van der Waals surface area contributed by atoms with Gasteiger partial charge < -0.3 is 19.9 Å². The van der Waals surface area contributed by atoms with Crippen LogP contribution in [0.4, 0.5) is 5.69 Å². The molecule has 1 aliphatic heterocycles. The van der Waals surface area contributed by atoms with Crippen molar-refractivity contribution in [2.45, 2.75) is 13.0 Å². The summed E-state index contributed by atoms with van der Waals surface area (Å²) < 4.78 is 1.89. The minimum Gasteiger partial charge on any atom is -0.494 e. The van der Waals surface area contributed by atoms with Crippen molar-refractivity contribution in [3.63, 3.8) is 0 Å². The summed E-state index contributed by atoms with van der Waals surface area (Å²) in [4.78, 5) is 11.5. The molecule has 0 bridgehead atoms. The van der Waals surface area contributed by atoms with Crippen LogP contribution in [-0.2, 0) is 13.0 Å². The summed E-state index contributed by atoms with van der Waals surface area (Å²) in [6.07, 6.45) is 4.52. The second-order valence-electron chi connectivity index (χ2n) is 7.22. The van der Waals surface area contributed by atoms with E-state index in [1.54, 1.807) is 0 Å². The van der Waals surface area contributed by atoms with Crippen LogP contribution in [0.5, 0.6) is 5.88 Å². The Morgan fingerprint density at radius 3 is 2.75 bits per heavy atom. The molecule has 0 saturated carbocycles. The summed E-state index contributed by atoms with van der Waals surface area (Å²) in [5, 5.41) is 16.3. The van der Waals surface area contributed by atoms with Gasteiger partial charge >= 0.3 is 0 Å². The van der Waals surface area contributed by atoms with Crippen LogP contribution in [0.15, 0.2) is 54.9 Å². The number of para-hydroxylation sites is 1. The molecule has 1 aromatic carbocycles. The minimum absolute atomic E-state index is 0.289. The maximum absolute atomic E-state index is 10.9. The van der Waals surface area contributed by atoms with Crippen LogP contribution in [-0.4, -0.2) is 45.8 Å². The molecule has 4 heterocycles. The van der Waals surface area contributed by atoms with Crippen LogP contribution in [0, 0.1) is 0 Å². The highest BCUT2D eigenvalue weighted by Crippen LogP contribution is 2.34. The molecular weight excluding hydrogens is 350 g/mol. The Balaban J connectivity index is 1.43. The van der Waals surface area contributed by atoms with Gasteiger partial charge in [0.1, 0.15) is 0 Å². The molecule has 1 aliphatic rings. The van der Waals surface area contributed by atoms with Crippen molar-refractivity contribution in [2.24, 2.45) is 0 Å². The largest absolute Gasteiger partial charge is 0.494 e. The smallest absolute Gasteiger partial charge is 0.202 e. The molecule has 142 valence electrons. The van der Waals surface area contributed by atoms with Gasteiger partial charge in [-0.3, -0.25) is 9.97 Å². The average molecular weight is 373 g/mol. The van der Waals surface area contributed by atoms with Gasteiger partial charge in [0.05, 0.1) is 22.1 Å². The van der Waals surface area contributed by atoms with E-state index in [0.29, 0.717) is 6.54 Å². The summed E-state index contributed by atoms with van der Waals surface area (Å²) >= 11 is 0. The highest BCUT2D eigenvalue weighted by molar-refractivity contribution is 5.96. The molecule has 0 radical (unpaired) electrons. The number of hydrogen-bond donors (Lipinski definition) is 2. The van der Waals surface area contributed by atoms with Crippen molar-refractivity contribution in [1.82, 2.24) is 19.9 Å². The van der Waals surface area contributed by atoms with Crippen molar-refractivity contribution < 1.29 is 5.11 Å². The van der Waals surface area contributed by atoms with Gasteiger partial charge in [-0.1, -0.05) is 24.3 Å². The van der Waals surface area contributed by atoms with E-state index in [9.17, 15) is 5.11 Å². The van der Waals surface area contributed by atoms with Gasteiger partial charge in [0, 0.05) is 62.6 Å². The zero-order valence-corrected chi connectivity index (χ0v) is 15.7. The summed E-state index contributed by atoms with van der Waals surface area (Å²) in [7, 11) is 0. The Labute approximate surface area is 163 Å². The molecule has 1 fully saturated rings. The molecule has 6 heteroatoms. The van der Waals surface area contributed by atoms with Gasteiger partial charge in [0.15, 0.2) is 0 Å². The van der Waals surface area contributed by atoms with E-state index in [2.05, 4.69) is 33.4 Å². The highest BCUT2D eigenvalue weighted by atomic mass is 16.3. The predicted octanol–water partition coefficient (Wildman–Crippen LogP) is 2.94. The molecule has 0 spiro atoms. The lowest BCUT2D eigenvalue weighted by Crippen LogP contribution is -2.43. The number of aromatic hydroxyl groups is 1. The van der Waals surface area contributed by atoms with Crippen LogP contribution in [0.25, 0.3) is 21.8 Å². The van der Waals surface area contributed by atoms with E-state index in [1.165, 1.54) is 0 Å². The Bertz CT molecular complexity index is 1130. The van der Waals surface area contributed by atoms with E-state index >= 15 is 0 Å². The van der Waals surface area contributed by atoms with Gasteiger partial charge in [-0.05, 0) is 18.2 Å². The lowest BCUT2D eigenvalue weighted by Gasteiger charge is -2.29. The molecule has 2 N–H and O–H groups in total. The number of anilines is 1. The van der Waals surface area contributed by atoms with Crippen molar-refractivity contribution in [2.75, 3.05) is 31.1 Å². The van der Waals surface area contributed by atoms with Crippen LogP contribution >= 0.6 is 0 Å². The lowest BCUT2D eigenvalue weighted by atomic mass is 10.2. The van der Waals surface area contributed by atoms with Crippen LogP contribution in [0.3, 0.4) is 0 Å². The first kappa shape index (κ1) is 17.0. The van der Waals surface area contributed by atoms with E-state index in [1.807, 2.05) is 41.2 Å². The number of rotatable bonds is 4. The number of fused-ring (bicyclic) bond motifs is 2. The molecule has 4 aromatic rings. The third-order valence-corrected chi connectivity index (χ3v) is 5.45. The summed E-state index contributed by atoms with van der Waals surface area (Å²) in [6, 6.07) is 14.3. The average Bonchev–Trinajstić information content (AvgIpc) is 3.08. The second-order valence-corrected chi connectivity index (χ2v) is 7.22. The number of hydrogen-bond acceptors (Lipinski definition) is 5. The molecule has 0 atom stereocenters. The van der Waals surface area contributed by atoms with Crippen molar-refractivity contribution in [3.8, 4) is 5.88 Å². The standard InChI is InChI=1S/C22H23N5O/c28-22-21-19(24-9-7-20(21)26-13-10-23-11-14-26)15-27(22)12-8-17-6-5-16-3-1-2-4-18(16)25-17/h1-7,9,15,23,28H,8,10-14H2. The third-order valence-electron chi connectivity index (χ3n) is 5.45. The molecule has 0 aliphatic carbocycles. The van der Waals surface area contributed by atoms with Gasteiger partial charge in [-0.2, -0.15) is 0 Å². The molecule has 28 heavy (non-hydrogen) atoms. The maximum atomic E-state index is 10.9. The van der Waals surface area contributed by atoms with Crippen molar-refractivity contribution >= 4 is 27.5 Å². The zero-order chi connectivity index (χ0) is 18.9. The number of piperazine rings is 1. The molecule has 6 nitrogen and oxygen atoms in total. The first-order valence-corrected chi connectivity index (χ1v) is 9.77. The van der Waals surface area contributed by atoms with Gasteiger partial charge in [0.2, 0.25) is 5.88 Å². The first-order valence-electron chi connectivity index (χ1n) is 9.77. The predicted molar refractivity (Wildman–Crippen MR) is 112 cm³/mol. The Hall–Kier alpha value is -3.12. The van der Waals surface area contributed by atoms with Gasteiger partial charge in [-0.15, -0.1) is 0 Å². The molecule has 5 rings (SSSR count). The van der Waals surface area contributed by atoms with Crippen LogP contribution in [0.2, 0.25) is 0 Å². The number of pyridine rings is 2. The van der Waals surface area contributed by atoms with E-state index in [0.717, 1.165) is 65.8 Å². The topological polar surface area (TPSA) is 66.2 Å². The number of aromatic nitrogens is 3. The lowest BCUT2D eigenvalue weighted by molar-refractivity contribution is 0.422. The van der Waals surface area contributed by atoms with Crippen LogP contribution in [0.1, 0.15) is 5.69 Å². The molecular formula is C22H23N5O. The molecule has 3 aromatic heterocycles. The number of aryl methyl sites for hydroxylation is 2. The fourth-order valence-corrected chi connectivity index (χ4v) is 3.97. The van der Waals surface area contributed by atoms with Crippen LogP contribution < -0.4 is 10.2 Å². The fourth-order valence-electron chi connectivity index (χ4n) is 3.97. The minimum atomic E-state index is 0.289. The van der Waals surface area contributed by atoms with E-state index < -0.39 is 0 Å². The maximum Gasteiger partial charge on any atom is 0.202 e. The second kappa shape index (κ2) is 7.13. The summed E-state index contributed by atoms with van der Waals surface area (Å²) in [5.74, 6) is 0.289.